The number of rotatable bonds is 1. The first-order chi connectivity index (χ1) is 7.98. The molecule has 0 saturated carbocycles. The summed E-state index contributed by atoms with van der Waals surface area (Å²) in [7, 11) is 0. The quantitative estimate of drug-likeness (QED) is 0.858. The molecule has 0 aliphatic carbocycles. The van der Waals surface area contributed by atoms with E-state index in [9.17, 15) is 13.2 Å². The lowest BCUT2D eigenvalue weighted by Gasteiger charge is -2.25. The van der Waals surface area contributed by atoms with E-state index in [0.29, 0.717) is 25.3 Å². The molecule has 1 heterocycles. The van der Waals surface area contributed by atoms with E-state index < -0.39 is 11.7 Å². The first-order valence-electron chi connectivity index (χ1n) is 5.16. The van der Waals surface area contributed by atoms with Gasteiger partial charge in [-0.05, 0) is 17.7 Å². The molecule has 1 N–H and O–H groups in total. The maximum absolute atomic E-state index is 12.7. The monoisotopic (exact) mass is 301 g/mol. The largest absolute Gasteiger partial charge is 0.417 e. The standard InChI is InChI=1S/C11H11ClF3NO.ClH/c12-9-2-1-7(5-8(9)11(13,14)15)10-6-17-4-3-16-10;/h1-2,5,10,16H,3-4,6H2;1H/t10-;/m1./s1. The second kappa shape index (κ2) is 6.10. The van der Waals surface area contributed by atoms with Crippen molar-refractivity contribution in [2.24, 2.45) is 0 Å². The number of halogens is 5. The molecule has 7 heteroatoms. The summed E-state index contributed by atoms with van der Waals surface area (Å²) in [6.07, 6.45) is -4.43. The highest BCUT2D eigenvalue weighted by Crippen LogP contribution is 2.36. The van der Waals surface area contributed by atoms with E-state index in [1.807, 2.05) is 0 Å². The van der Waals surface area contributed by atoms with Gasteiger partial charge in [0, 0.05) is 6.54 Å². The Bertz CT molecular complexity index is 406. The fraction of sp³-hybridized carbons (Fsp3) is 0.455. The second-order valence-electron chi connectivity index (χ2n) is 3.82. The molecule has 18 heavy (non-hydrogen) atoms. The van der Waals surface area contributed by atoms with Crippen molar-refractivity contribution >= 4 is 24.0 Å². The lowest BCUT2D eigenvalue weighted by Crippen LogP contribution is -2.34. The highest BCUT2D eigenvalue weighted by Gasteiger charge is 2.34. The molecule has 1 aromatic rings. The van der Waals surface area contributed by atoms with Gasteiger partial charge in [-0.15, -0.1) is 12.4 Å². The van der Waals surface area contributed by atoms with Crippen LogP contribution in [0.25, 0.3) is 0 Å². The SMILES string of the molecule is Cl.FC(F)(F)c1cc([C@H]2COCCN2)ccc1Cl. The van der Waals surface area contributed by atoms with E-state index in [0.717, 1.165) is 6.07 Å². The fourth-order valence-electron chi connectivity index (χ4n) is 1.76. The van der Waals surface area contributed by atoms with Crippen molar-refractivity contribution in [1.82, 2.24) is 5.32 Å². The topological polar surface area (TPSA) is 21.3 Å². The molecule has 1 fully saturated rings. The summed E-state index contributed by atoms with van der Waals surface area (Å²) in [6, 6.07) is 3.73. The Balaban J connectivity index is 0.00000162. The Morgan fingerprint density at radius 3 is 2.61 bits per heavy atom. The van der Waals surface area contributed by atoms with Crippen molar-refractivity contribution in [3.63, 3.8) is 0 Å². The lowest BCUT2D eigenvalue weighted by molar-refractivity contribution is -0.137. The summed E-state index contributed by atoms with van der Waals surface area (Å²) in [6.45, 7) is 1.59. The Labute approximate surface area is 114 Å². The van der Waals surface area contributed by atoms with Crippen molar-refractivity contribution in [3.8, 4) is 0 Å². The van der Waals surface area contributed by atoms with Crippen molar-refractivity contribution in [2.45, 2.75) is 12.2 Å². The van der Waals surface area contributed by atoms with Gasteiger partial charge in [0.2, 0.25) is 0 Å². The molecule has 102 valence electrons. The van der Waals surface area contributed by atoms with Gasteiger partial charge < -0.3 is 10.1 Å². The van der Waals surface area contributed by atoms with E-state index in [-0.39, 0.29) is 23.5 Å². The summed E-state index contributed by atoms with van der Waals surface area (Å²) in [5, 5.41) is 2.82. The van der Waals surface area contributed by atoms with E-state index in [2.05, 4.69) is 5.32 Å². The number of nitrogens with one attached hydrogen (secondary N) is 1. The summed E-state index contributed by atoms with van der Waals surface area (Å²) >= 11 is 5.55. The highest BCUT2D eigenvalue weighted by atomic mass is 35.5. The van der Waals surface area contributed by atoms with Gasteiger partial charge in [-0.3, -0.25) is 0 Å². The average molecular weight is 302 g/mol. The zero-order chi connectivity index (χ0) is 12.5. The van der Waals surface area contributed by atoms with Crippen LogP contribution in [0, 0.1) is 0 Å². The molecule has 0 amide bonds. The van der Waals surface area contributed by atoms with Crippen LogP contribution in [-0.4, -0.2) is 19.8 Å². The smallest absolute Gasteiger partial charge is 0.378 e. The second-order valence-corrected chi connectivity index (χ2v) is 4.23. The summed E-state index contributed by atoms with van der Waals surface area (Å²) in [5.74, 6) is 0. The van der Waals surface area contributed by atoms with Gasteiger partial charge in [-0.1, -0.05) is 17.7 Å². The van der Waals surface area contributed by atoms with Crippen LogP contribution in [0.2, 0.25) is 5.02 Å². The molecule has 0 aromatic heterocycles. The number of alkyl halides is 3. The van der Waals surface area contributed by atoms with Crippen LogP contribution in [-0.2, 0) is 10.9 Å². The third-order valence-corrected chi connectivity index (χ3v) is 2.95. The van der Waals surface area contributed by atoms with Crippen LogP contribution in [0.3, 0.4) is 0 Å². The molecule has 1 aromatic carbocycles. The maximum Gasteiger partial charge on any atom is 0.417 e. The summed E-state index contributed by atoms with van der Waals surface area (Å²) in [4.78, 5) is 0. The Kier molecular flexibility index (Phi) is 5.28. The van der Waals surface area contributed by atoms with Crippen molar-refractivity contribution < 1.29 is 17.9 Å². The molecule has 2 nitrogen and oxygen atoms in total. The zero-order valence-corrected chi connectivity index (χ0v) is 10.8. The Morgan fingerprint density at radius 1 is 1.33 bits per heavy atom. The molecule has 2 rings (SSSR count). The molecular formula is C11H12Cl2F3NO. The van der Waals surface area contributed by atoms with Crippen LogP contribution in [0.1, 0.15) is 17.2 Å². The minimum atomic E-state index is -4.43. The van der Waals surface area contributed by atoms with Crippen LogP contribution in [0.5, 0.6) is 0 Å². The van der Waals surface area contributed by atoms with Crippen molar-refractivity contribution in [3.05, 3.63) is 34.3 Å². The van der Waals surface area contributed by atoms with E-state index in [1.165, 1.54) is 6.07 Å². The molecule has 1 saturated heterocycles. The highest BCUT2D eigenvalue weighted by molar-refractivity contribution is 6.31. The van der Waals surface area contributed by atoms with Crippen molar-refractivity contribution in [2.75, 3.05) is 19.8 Å². The maximum atomic E-state index is 12.7. The third kappa shape index (κ3) is 3.51. The number of benzene rings is 1. The fourth-order valence-corrected chi connectivity index (χ4v) is 1.98. The number of hydrogen-bond acceptors (Lipinski definition) is 2. The van der Waals surface area contributed by atoms with Crippen LogP contribution in [0.15, 0.2) is 18.2 Å². The molecule has 0 unspecified atom stereocenters. The lowest BCUT2D eigenvalue weighted by atomic mass is 10.0. The van der Waals surface area contributed by atoms with Crippen LogP contribution < -0.4 is 5.32 Å². The predicted octanol–water partition coefficient (Wildman–Crippen LogP) is 3.44. The third-order valence-electron chi connectivity index (χ3n) is 2.62. The van der Waals surface area contributed by atoms with E-state index >= 15 is 0 Å². The first-order valence-corrected chi connectivity index (χ1v) is 5.54. The van der Waals surface area contributed by atoms with E-state index in [4.69, 9.17) is 16.3 Å². The van der Waals surface area contributed by atoms with Crippen LogP contribution >= 0.6 is 24.0 Å². The van der Waals surface area contributed by atoms with Gasteiger partial charge in [0.25, 0.3) is 0 Å². The number of ether oxygens (including phenoxy) is 1. The summed E-state index contributed by atoms with van der Waals surface area (Å²) in [5.41, 5.74) is -0.259. The minimum absolute atomic E-state index is 0. The minimum Gasteiger partial charge on any atom is -0.378 e. The normalized spacial score (nSPS) is 20.3. The van der Waals surface area contributed by atoms with Gasteiger partial charge in [-0.2, -0.15) is 13.2 Å². The number of hydrogen-bond donors (Lipinski definition) is 1. The van der Waals surface area contributed by atoms with Crippen LogP contribution in [0.4, 0.5) is 13.2 Å². The van der Waals surface area contributed by atoms with Gasteiger partial charge in [0.05, 0.1) is 29.8 Å². The Morgan fingerprint density at radius 2 is 2.06 bits per heavy atom. The zero-order valence-electron chi connectivity index (χ0n) is 9.26. The molecule has 1 atom stereocenters. The molecule has 1 aliphatic rings. The van der Waals surface area contributed by atoms with Crippen molar-refractivity contribution in [1.29, 1.82) is 0 Å². The number of morpholine rings is 1. The van der Waals surface area contributed by atoms with Gasteiger partial charge >= 0.3 is 6.18 Å². The van der Waals surface area contributed by atoms with E-state index in [1.54, 1.807) is 6.07 Å². The summed E-state index contributed by atoms with van der Waals surface area (Å²) < 4.78 is 43.2. The molecule has 0 spiro atoms. The molecule has 1 aliphatic heterocycles. The molecule has 0 radical (unpaired) electrons. The first kappa shape index (κ1) is 15.6. The molecular weight excluding hydrogens is 290 g/mol. The van der Waals surface area contributed by atoms with Gasteiger partial charge in [0.1, 0.15) is 0 Å². The molecule has 0 bridgehead atoms. The Hall–Kier alpha value is -0.490. The van der Waals surface area contributed by atoms with Gasteiger partial charge in [-0.25, -0.2) is 0 Å². The average Bonchev–Trinajstić information content (AvgIpc) is 2.29. The van der Waals surface area contributed by atoms with Gasteiger partial charge in [0.15, 0.2) is 0 Å². The predicted molar refractivity (Wildman–Crippen MR) is 65.3 cm³/mol.